The van der Waals surface area contributed by atoms with Crippen molar-refractivity contribution in [2.24, 2.45) is 0 Å². The molecule has 0 saturated heterocycles. The van der Waals surface area contributed by atoms with Gasteiger partial charge in [0, 0.05) is 17.1 Å². The highest BCUT2D eigenvalue weighted by Crippen LogP contribution is 2.25. The molecule has 0 amide bonds. The van der Waals surface area contributed by atoms with Crippen molar-refractivity contribution in [3.8, 4) is 11.3 Å². The lowest BCUT2D eigenvalue weighted by atomic mass is 9.94. The van der Waals surface area contributed by atoms with Gasteiger partial charge in [0.15, 0.2) is 0 Å². The molecule has 0 atom stereocenters. The fraction of sp³-hybridized carbons (Fsp3) is 0. The number of benzene rings is 2. The minimum Gasteiger partial charge on any atom is -0.256 e. The van der Waals surface area contributed by atoms with Crippen molar-refractivity contribution in [2.45, 2.75) is 0 Å². The number of nitrogens with zero attached hydrogens (tertiary/aromatic N) is 1. The van der Waals surface area contributed by atoms with Crippen molar-refractivity contribution in [1.29, 1.82) is 0 Å². The minimum absolute atomic E-state index is 1.06. The third-order valence-electron chi connectivity index (χ3n) is 3.00. The van der Waals surface area contributed by atoms with E-state index >= 15 is 0 Å². The van der Waals surface area contributed by atoms with Gasteiger partial charge in [0.2, 0.25) is 0 Å². The molecule has 0 spiro atoms. The Morgan fingerprint density at radius 3 is 2.41 bits per heavy atom. The number of aromatic nitrogens is 1. The highest BCUT2D eigenvalue weighted by atomic mass is 14.7. The molecular formula is C15H12BN. The van der Waals surface area contributed by atoms with Crippen molar-refractivity contribution < 1.29 is 0 Å². The van der Waals surface area contributed by atoms with Crippen LogP contribution in [0.2, 0.25) is 0 Å². The van der Waals surface area contributed by atoms with Crippen LogP contribution in [0.25, 0.3) is 22.0 Å². The molecule has 3 aromatic rings. The lowest BCUT2D eigenvalue weighted by molar-refractivity contribution is 1.36. The van der Waals surface area contributed by atoms with Gasteiger partial charge >= 0.3 is 0 Å². The first-order chi connectivity index (χ1) is 8.34. The fourth-order valence-electron chi connectivity index (χ4n) is 2.06. The van der Waals surface area contributed by atoms with Crippen molar-refractivity contribution in [3.05, 3.63) is 60.8 Å². The van der Waals surface area contributed by atoms with Crippen LogP contribution in [0.15, 0.2) is 60.8 Å². The molecule has 0 aliphatic heterocycles. The van der Waals surface area contributed by atoms with Gasteiger partial charge in [0.25, 0.3) is 0 Å². The largest absolute Gasteiger partial charge is 0.256 e. The Kier molecular flexibility index (Phi) is 2.41. The summed E-state index contributed by atoms with van der Waals surface area (Å²) < 4.78 is 0. The first kappa shape index (κ1) is 10.1. The van der Waals surface area contributed by atoms with Crippen molar-refractivity contribution in [3.63, 3.8) is 0 Å². The zero-order valence-corrected chi connectivity index (χ0v) is 9.72. The average Bonchev–Trinajstić information content (AvgIpc) is 2.39. The smallest absolute Gasteiger partial charge is 0.139 e. The maximum absolute atomic E-state index is 4.51. The van der Waals surface area contributed by atoms with Crippen LogP contribution in [0.3, 0.4) is 0 Å². The van der Waals surface area contributed by atoms with Crippen LogP contribution in [0.4, 0.5) is 0 Å². The standard InChI is InChI=1S/C15H12BN/c16-13-7-5-12(6-8-13)15-14-4-2-1-3-11(14)9-10-17-15/h1-10H,16H2. The lowest BCUT2D eigenvalue weighted by Gasteiger charge is -2.05. The van der Waals surface area contributed by atoms with Gasteiger partial charge in [-0.3, -0.25) is 4.98 Å². The Bertz CT molecular complexity index is 654. The van der Waals surface area contributed by atoms with Crippen LogP contribution >= 0.6 is 0 Å². The lowest BCUT2D eigenvalue weighted by Crippen LogP contribution is -1.99. The fourth-order valence-corrected chi connectivity index (χ4v) is 2.06. The first-order valence-electron chi connectivity index (χ1n) is 5.75. The maximum Gasteiger partial charge on any atom is 0.139 e. The number of hydrogen-bond acceptors (Lipinski definition) is 1. The summed E-state index contributed by atoms with van der Waals surface area (Å²) in [6.07, 6.45) is 1.87. The van der Waals surface area contributed by atoms with Gasteiger partial charge < -0.3 is 0 Å². The third kappa shape index (κ3) is 1.82. The predicted molar refractivity (Wildman–Crippen MR) is 75.4 cm³/mol. The second-order valence-electron chi connectivity index (χ2n) is 4.25. The van der Waals surface area contributed by atoms with E-state index in [4.69, 9.17) is 0 Å². The van der Waals surface area contributed by atoms with Crippen LogP contribution in [0.1, 0.15) is 0 Å². The van der Waals surface area contributed by atoms with Crippen molar-refractivity contribution in [1.82, 2.24) is 4.98 Å². The molecule has 2 heteroatoms. The topological polar surface area (TPSA) is 12.9 Å². The molecule has 0 bridgehead atoms. The summed E-state index contributed by atoms with van der Waals surface area (Å²) in [5.41, 5.74) is 3.50. The summed E-state index contributed by atoms with van der Waals surface area (Å²) in [5.74, 6) is 0. The number of fused-ring (bicyclic) bond motifs is 1. The van der Waals surface area contributed by atoms with Crippen molar-refractivity contribution in [2.75, 3.05) is 0 Å². The van der Waals surface area contributed by atoms with E-state index < -0.39 is 0 Å². The molecule has 1 nitrogen and oxygen atoms in total. The molecule has 0 radical (unpaired) electrons. The van der Waals surface area contributed by atoms with E-state index in [-0.39, 0.29) is 0 Å². The molecule has 1 heterocycles. The van der Waals surface area contributed by atoms with Gasteiger partial charge in [-0.25, -0.2) is 0 Å². The molecule has 0 aliphatic rings. The zero-order chi connectivity index (χ0) is 11.7. The summed E-state index contributed by atoms with van der Waals surface area (Å²) in [6.45, 7) is 0. The van der Waals surface area contributed by atoms with Crippen LogP contribution in [-0.4, -0.2) is 12.8 Å². The van der Waals surface area contributed by atoms with Crippen LogP contribution in [0, 0.1) is 0 Å². The summed E-state index contributed by atoms with van der Waals surface area (Å²) in [5, 5.41) is 2.44. The normalized spacial score (nSPS) is 10.6. The van der Waals surface area contributed by atoms with Gasteiger partial charge in [-0.1, -0.05) is 54.0 Å². The number of pyridine rings is 1. The van der Waals surface area contributed by atoms with E-state index in [0.717, 1.165) is 5.69 Å². The Hall–Kier alpha value is -2.09. The summed E-state index contributed by atoms with van der Waals surface area (Å²) in [4.78, 5) is 4.51. The number of hydrogen-bond donors (Lipinski definition) is 0. The van der Waals surface area contributed by atoms with Gasteiger partial charge in [-0.05, 0) is 11.5 Å². The minimum atomic E-state index is 1.06. The molecule has 3 rings (SSSR count). The van der Waals surface area contributed by atoms with E-state index in [9.17, 15) is 0 Å². The maximum atomic E-state index is 4.51. The second-order valence-corrected chi connectivity index (χ2v) is 4.25. The highest BCUT2D eigenvalue weighted by Gasteiger charge is 2.03. The zero-order valence-electron chi connectivity index (χ0n) is 9.72. The van der Waals surface area contributed by atoms with Gasteiger partial charge in [0.05, 0.1) is 5.69 Å². The van der Waals surface area contributed by atoms with E-state index in [0.29, 0.717) is 0 Å². The van der Waals surface area contributed by atoms with Gasteiger partial charge in [-0.2, -0.15) is 0 Å². The molecule has 0 N–H and O–H groups in total. The summed E-state index contributed by atoms with van der Waals surface area (Å²) >= 11 is 0. The Balaban J connectivity index is 2.27. The first-order valence-corrected chi connectivity index (χ1v) is 5.75. The SMILES string of the molecule is Bc1ccc(-c2nccc3ccccc23)cc1. The Morgan fingerprint density at radius 2 is 1.59 bits per heavy atom. The highest BCUT2D eigenvalue weighted by molar-refractivity contribution is 6.32. The van der Waals surface area contributed by atoms with E-state index in [2.05, 4.69) is 61.4 Å². The van der Waals surface area contributed by atoms with Gasteiger partial charge in [-0.15, -0.1) is 0 Å². The third-order valence-corrected chi connectivity index (χ3v) is 3.00. The molecule has 80 valence electrons. The Labute approximate surface area is 102 Å². The quantitative estimate of drug-likeness (QED) is 0.569. The van der Waals surface area contributed by atoms with E-state index in [1.165, 1.54) is 21.8 Å². The number of rotatable bonds is 1. The van der Waals surface area contributed by atoms with Crippen molar-refractivity contribution >= 4 is 24.1 Å². The van der Waals surface area contributed by atoms with Crippen LogP contribution < -0.4 is 5.46 Å². The monoisotopic (exact) mass is 217 g/mol. The molecule has 2 aromatic carbocycles. The second kappa shape index (κ2) is 4.06. The molecule has 0 fully saturated rings. The van der Waals surface area contributed by atoms with Crippen LogP contribution in [-0.2, 0) is 0 Å². The average molecular weight is 217 g/mol. The predicted octanol–water partition coefficient (Wildman–Crippen LogP) is 2.16. The summed E-state index contributed by atoms with van der Waals surface area (Å²) in [7, 11) is 2.10. The van der Waals surface area contributed by atoms with Crippen LogP contribution in [0.5, 0.6) is 0 Å². The molecule has 0 aliphatic carbocycles. The van der Waals surface area contributed by atoms with E-state index in [1.54, 1.807) is 0 Å². The summed E-state index contributed by atoms with van der Waals surface area (Å²) in [6, 6.07) is 18.9. The van der Waals surface area contributed by atoms with Gasteiger partial charge in [0.1, 0.15) is 7.85 Å². The Morgan fingerprint density at radius 1 is 0.824 bits per heavy atom. The molecular weight excluding hydrogens is 205 g/mol. The molecule has 1 aromatic heterocycles. The molecule has 0 saturated carbocycles. The molecule has 17 heavy (non-hydrogen) atoms. The van der Waals surface area contributed by atoms with E-state index in [1.807, 2.05) is 12.3 Å². The molecule has 0 unspecified atom stereocenters.